The second-order valence-electron chi connectivity index (χ2n) is 32.0. The van der Waals surface area contributed by atoms with Crippen LogP contribution in [0.4, 0.5) is 54.7 Å². The molecular weight excluding hydrogens is 1920 g/mol. The topological polar surface area (TPSA) is 404 Å². The maximum atomic E-state index is 14.4. The number of aromatic nitrogens is 7. The molecule has 11 heterocycles. The minimum atomic E-state index is -0.987. The summed E-state index contributed by atoms with van der Waals surface area (Å²) in [6.45, 7) is 19.9. The summed E-state index contributed by atoms with van der Waals surface area (Å²) in [5, 5.41) is 41.6. The van der Waals surface area contributed by atoms with Gasteiger partial charge in [0.25, 0.3) is 11.4 Å². The minimum Gasteiger partial charge on any atom is -0.505 e. The molecule has 41 heteroatoms. The Bertz CT molecular complexity index is 6590. The van der Waals surface area contributed by atoms with Gasteiger partial charge in [0, 0.05) is 132 Å². The Morgan fingerprint density at radius 1 is 0.403 bits per heavy atom. The molecule has 0 spiro atoms. The van der Waals surface area contributed by atoms with E-state index in [4.69, 9.17) is 82.8 Å². The van der Waals surface area contributed by atoms with Crippen LogP contribution in [0, 0.1) is 43.5 Å². The van der Waals surface area contributed by atoms with Gasteiger partial charge in [-0.05, 0) is 175 Å². The van der Waals surface area contributed by atoms with Crippen LogP contribution in [0.5, 0.6) is 34.5 Å². The summed E-state index contributed by atoms with van der Waals surface area (Å²) in [6, 6.07) is 39.9. The molecular formula is C98H110Cl2F4N14O17S4. The van der Waals surface area contributed by atoms with E-state index in [1.807, 2.05) is 128 Å². The number of hydrogen-bond donors (Lipinski definition) is 4. The summed E-state index contributed by atoms with van der Waals surface area (Å²) in [7, 11) is 4.77. The molecule has 0 atom stereocenters. The molecule has 15 aromatic rings. The number of aromatic hydroxyl groups is 2. The average Bonchev–Trinajstić information content (AvgIpc) is 1.64. The first kappa shape index (κ1) is 114. The van der Waals surface area contributed by atoms with E-state index in [2.05, 4.69) is 34.9 Å². The second kappa shape index (κ2) is 52.8. The number of phenolic OH excluding ortho intramolecular Hbond substituents is 2. The Balaban J connectivity index is 0.000000275. The van der Waals surface area contributed by atoms with Crippen molar-refractivity contribution in [1.82, 2.24) is 49.6 Å². The van der Waals surface area contributed by atoms with Crippen LogP contribution in [-0.2, 0) is 48.1 Å². The van der Waals surface area contributed by atoms with Crippen molar-refractivity contribution in [1.29, 1.82) is 0 Å². The molecule has 0 aliphatic rings. The van der Waals surface area contributed by atoms with E-state index < -0.39 is 67.9 Å². The van der Waals surface area contributed by atoms with Crippen molar-refractivity contribution in [3.05, 3.63) is 277 Å². The zero-order valence-electron chi connectivity index (χ0n) is 74.9. The third-order valence-corrected chi connectivity index (χ3v) is 23.3. The smallest absolute Gasteiger partial charge is 0.410 e. The van der Waals surface area contributed by atoms with Crippen molar-refractivity contribution < 1.29 is 89.9 Å². The lowest BCUT2D eigenvalue weighted by Gasteiger charge is -2.27. The number of nitrogens with zero attached hydrogens (tertiary/aromatic N) is 12. The molecule has 0 fully saturated rings. The lowest BCUT2D eigenvalue weighted by molar-refractivity contribution is -0.385. The first-order valence-electron chi connectivity index (χ1n) is 40.9. The number of nitrogen functional groups attached to an aromatic ring is 2. The quantitative estimate of drug-likeness (QED) is 0.0109. The highest BCUT2D eigenvalue weighted by Gasteiger charge is 2.28. The molecule has 139 heavy (non-hydrogen) atoms. The molecule has 31 nitrogen and oxygen atoms in total. The summed E-state index contributed by atoms with van der Waals surface area (Å²) in [4.78, 5) is 95.8. The van der Waals surface area contributed by atoms with E-state index >= 15 is 0 Å². The van der Waals surface area contributed by atoms with Crippen LogP contribution in [0.3, 0.4) is 0 Å². The maximum Gasteiger partial charge on any atom is 0.410 e. The number of anilines is 2. The molecule has 0 saturated carbocycles. The van der Waals surface area contributed by atoms with Gasteiger partial charge in [0.1, 0.15) is 28.3 Å². The molecule has 11 aromatic heterocycles. The summed E-state index contributed by atoms with van der Waals surface area (Å²) in [5.74, 6) is -3.19. The van der Waals surface area contributed by atoms with Crippen LogP contribution in [-0.4, -0.2) is 166 Å². The Morgan fingerprint density at radius 3 is 1.06 bits per heavy atom. The Hall–Kier alpha value is -13.6. The van der Waals surface area contributed by atoms with Gasteiger partial charge in [-0.2, -0.15) is 0 Å². The second-order valence-corrected chi connectivity index (χ2v) is 36.9. The standard InChI is InChI=1S/C27H27FN4O6S.C27H29FN4O4S.C21H24ClN3O3S.C7H4ClNS.C6H4FNO3.C6H6FNO.4CH4/c1-27(2,3)38-26(33)31(11-12-36-4)16-17-5-7-20(30-15-17)24-14-21-25(39-24)23(9-10-29-21)37-22-8-6-18(32(34)35)13-19(22)28;1-27(2,3)36-26(33)32(11-12-34-4)16-17-5-7-20(31-15-17)24-14-21-25(37-24)23(9-10-30-21)35-22-8-6-18(29)13-19(22)28;1-21(2,3)28-20(26)25(9-10-27-4)13-14-5-6-16(24-12-14)18-11-17-19(29-18)15(22)7-8-23-17;8-5-1-3-9-6-2-4-10-7(5)6;7-5-3-4(8(10)11)1-2-6(5)9;7-5-3-4(8)1-2-6(5)9;;;;/h5-10,13-15H,11-12,16H2,1-4H3;5-10,13-15H,11-12,16,29H2,1-4H3;5-8,11-12H,9-10,13H2,1-4H3;1-4H;1-3,9H;1-3,9H,8H2;4*1H4. The number of nitro groups is 2. The molecule has 0 saturated heterocycles. The van der Waals surface area contributed by atoms with Gasteiger partial charge in [0.15, 0.2) is 46.3 Å². The molecule has 3 amide bonds. The molecule has 0 aliphatic heterocycles. The molecule has 0 radical (unpaired) electrons. The Morgan fingerprint density at radius 2 is 0.727 bits per heavy atom. The van der Waals surface area contributed by atoms with E-state index in [-0.39, 0.29) is 64.4 Å². The zero-order valence-corrected chi connectivity index (χ0v) is 79.7. The van der Waals surface area contributed by atoms with Crippen molar-refractivity contribution in [3.8, 4) is 66.2 Å². The monoisotopic (exact) mass is 2030 g/mol. The lowest BCUT2D eigenvalue weighted by atomic mass is 10.2. The number of fused-ring (bicyclic) bond motifs is 4. The number of methoxy groups -OCH3 is 3. The molecule has 740 valence electrons. The largest absolute Gasteiger partial charge is 0.505 e. The molecule has 0 aliphatic carbocycles. The number of thiophene rings is 4. The highest BCUT2D eigenvalue weighted by atomic mass is 35.5. The molecule has 0 unspecified atom stereocenters. The summed E-state index contributed by atoms with van der Waals surface area (Å²) < 4.78 is 100. The number of halogens is 6. The van der Waals surface area contributed by atoms with E-state index in [9.17, 15) is 52.2 Å². The number of rotatable bonds is 24. The van der Waals surface area contributed by atoms with Gasteiger partial charge in [-0.25, -0.2) is 31.9 Å². The van der Waals surface area contributed by atoms with Crippen molar-refractivity contribution in [3.63, 3.8) is 0 Å². The molecule has 0 bridgehead atoms. The van der Waals surface area contributed by atoms with Crippen LogP contribution in [0.2, 0.25) is 10.0 Å². The number of phenols is 2. The van der Waals surface area contributed by atoms with Gasteiger partial charge in [-0.15, -0.1) is 45.3 Å². The van der Waals surface area contributed by atoms with Gasteiger partial charge in [-0.3, -0.25) is 55.1 Å². The summed E-state index contributed by atoms with van der Waals surface area (Å²) in [5.41, 5.74) is 17.0. The number of benzene rings is 4. The van der Waals surface area contributed by atoms with Gasteiger partial charge in [0.05, 0.1) is 144 Å². The first-order chi connectivity index (χ1) is 64.1. The summed E-state index contributed by atoms with van der Waals surface area (Å²) in [6.07, 6.45) is 10.6. The number of amides is 3. The molecule has 6 N–H and O–H groups in total. The zero-order chi connectivity index (χ0) is 98.0. The average molecular weight is 2030 g/mol. The fourth-order valence-corrected chi connectivity index (χ4v) is 16.1. The Kier molecular flexibility index (Phi) is 43.3. The van der Waals surface area contributed by atoms with Crippen LogP contribution < -0.4 is 20.9 Å². The van der Waals surface area contributed by atoms with Crippen LogP contribution >= 0.6 is 68.5 Å². The summed E-state index contributed by atoms with van der Waals surface area (Å²) >= 11 is 18.1. The fraction of sp³-hybridized carbons (Fsp3) is 0.286. The predicted octanol–water partition coefficient (Wildman–Crippen LogP) is 26.3. The predicted molar refractivity (Wildman–Crippen MR) is 542 cm³/mol. The number of carbonyl (C=O) groups excluding carboxylic acids is 3. The van der Waals surface area contributed by atoms with Crippen molar-refractivity contribution in [2.24, 2.45) is 0 Å². The number of pyridine rings is 7. The van der Waals surface area contributed by atoms with E-state index in [1.54, 1.807) is 132 Å². The minimum absolute atomic E-state index is 0. The number of hydrogen-bond acceptors (Lipinski definition) is 30. The highest BCUT2D eigenvalue weighted by Crippen LogP contribution is 2.43. The fourth-order valence-electron chi connectivity index (χ4n) is 11.7. The van der Waals surface area contributed by atoms with Gasteiger partial charge in [-0.1, -0.05) is 71.1 Å². The Labute approximate surface area is 828 Å². The van der Waals surface area contributed by atoms with E-state index in [0.717, 1.165) is 103 Å². The third kappa shape index (κ3) is 34.2. The van der Waals surface area contributed by atoms with Gasteiger partial charge in [0.2, 0.25) is 0 Å². The van der Waals surface area contributed by atoms with Crippen LogP contribution in [0.15, 0.2) is 206 Å². The van der Waals surface area contributed by atoms with Crippen molar-refractivity contribution in [2.45, 2.75) is 128 Å². The molecule has 15 rings (SSSR count). The lowest BCUT2D eigenvalue weighted by Crippen LogP contribution is -2.38. The maximum absolute atomic E-state index is 14.4. The first-order valence-corrected chi connectivity index (χ1v) is 45.0. The van der Waals surface area contributed by atoms with E-state index in [1.165, 1.54) is 59.1 Å². The van der Waals surface area contributed by atoms with E-state index in [0.29, 0.717) is 109 Å². The normalized spacial score (nSPS) is 10.8. The van der Waals surface area contributed by atoms with Crippen molar-refractivity contribution >= 4 is 150 Å². The van der Waals surface area contributed by atoms with Crippen LogP contribution in [0.25, 0.3) is 72.6 Å². The third-order valence-electron chi connectivity index (χ3n) is 18.1. The number of nitro benzene ring substituents is 2. The number of ether oxygens (including phenoxy) is 8. The van der Waals surface area contributed by atoms with Gasteiger partial charge >= 0.3 is 18.3 Å². The van der Waals surface area contributed by atoms with Crippen molar-refractivity contribution in [2.75, 3.05) is 72.3 Å². The molecule has 4 aromatic carbocycles. The highest BCUT2D eigenvalue weighted by molar-refractivity contribution is 7.23. The number of carbonyl (C=O) groups is 3. The number of non-ortho nitro benzene ring substituents is 2. The number of nitrogens with two attached hydrogens (primary N) is 2. The van der Waals surface area contributed by atoms with Gasteiger partial charge < -0.3 is 74.3 Å². The van der Waals surface area contributed by atoms with Crippen LogP contribution in [0.1, 0.15) is 109 Å². The SMILES string of the molecule is C.C.C.C.COCCN(Cc1ccc(-c2cc3nccc(Cl)c3s2)nc1)C(=O)OC(C)(C)C.COCCN(Cc1ccc(-c2cc3nccc(Oc4ccc(N)cc4F)c3s2)nc1)C(=O)OC(C)(C)C.COCCN(Cc1ccc(-c2cc3nccc(Oc4ccc([N+](=O)[O-])cc4F)c3s2)nc1)C(=O)OC(C)(C)C.Clc1ccnc2ccsc12.Nc1ccc(O)c(F)c1.O=[N+]([O-])c1ccc(O)c(F)c1.